The Bertz CT molecular complexity index is 1010. The van der Waals surface area contributed by atoms with Gasteiger partial charge < -0.3 is 25.0 Å². The number of nitrogens with zero attached hydrogens (tertiary/aromatic N) is 1. The largest absolute Gasteiger partial charge is 0.489 e. The summed E-state index contributed by atoms with van der Waals surface area (Å²) < 4.78 is 12.1. The molecule has 2 saturated carbocycles. The van der Waals surface area contributed by atoms with Crippen LogP contribution in [-0.4, -0.2) is 54.2 Å². The smallest absolute Gasteiger partial charge is 0.255 e. The van der Waals surface area contributed by atoms with Gasteiger partial charge in [-0.3, -0.25) is 9.59 Å². The monoisotopic (exact) mass is 479 g/mol. The molecular weight excluding hydrogens is 442 g/mol. The maximum absolute atomic E-state index is 13.0. The summed E-state index contributed by atoms with van der Waals surface area (Å²) in [4.78, 5) is 27.2. The zero-order valence-corrected chi connectivity index (χ0v) is 20.5. The highest BCUT2D eigenvalue weighted by Gasteiger charge is 2.46. The Kier molecular flexibility index (Phi) is 6.09. The Morgan fingerprint density at radius 2 is 1.91 bits per heavy atom. The third-order valence-electron chi connectivity index (χ3n) is 8.96. The highest BCUT2D eigenvalue weighted by Crippen LogP contribution is 2.49. The molecule has 2 amide bonds. The molecule has 6 rings (SSSR count). The summed E-state index contributed by atoms with van der Waals surface area (Å²) in [5.74, 6) is 0.630. The second-order valence-electron chi connectivity index (χ2n) is 11.3. The zero-order chi connectivity index (χ0) is 24.0. The Hall–Kier alpha value is -2.38. The van der Waals surface area contributed by atoms with Crippen molar-refractivity contribution in [1.29, 1.82) is 0 Å². The van der Waals surface area contributed by atoms with Gasteiger partial charge in [0.15, 0.2) is 0 Å². The van der Waals surface area contributed by atoms with Gasteiger partial charge in [-0.05, 0) is 87.0 Å². The summed E-state index contributed by atoms with van der Waals surface area (Å²) in [5, 5.41) is 6.74. The van der Waals surface area contributed by atoms with Gasteiger partial charge in [0.05, 0.1) is 0 Å². The number of nitrogens with one attached hydrogen (secondary N) is 2. The first-order valence-corrected chi connectivity index (χ1v) is 13.4. The predicted molar refractivity (Wildman–Crippen MR) is 132 cm³/mol. The van der Waals surface area contributed by atoms with Crippen LogP contribution in [0.25, 0.3) is 0 Å². The molecule has 3 atom stereocenters. The molecule has 1 unspecified atom stereocenters. The van der Waals surface area contributed by atoms with E-state index in [9.17, 15) is 9.59 Å². The fourth-order valence-electron chi connectivity index (χ4n) is 6.93. The van der Waals surface area contributed by atoms with Crippen LogP contribution in [0, 0.1) is 5.41 Å². The van der Waals surface area contributed by atoms with Crippen LogP contribution in [0.1, 0.15) is 80.1 Å². The van der Waals surface area contributed by atoms with Crippen molar-refractivity contribution in [2.45, 2.75) is 95.0 Å². The van der Waals surface area contributed by atoms with Crippen LogP contribution in [0.3, 0.4) is 0 Å². The van der Waals surface area contributed by atoms with E-state index in [0.29, 0.717) is 42.4 Å². The third kappa shape index (κ3) is 4.49. The van der Waals surface area contributed by atoms with Gasteiger partial charge >= 0.3 is 0 Å². The standard InChI is InChI=1S/C28H37N3O4/c1-18-6-9-24(26(32)29-18)31-17-19-14-21(7-8-22(19)27(31)33)35-25-5-3-2-4-23(25)30-20-15-28(16-20)10-12-34-13-11-28/h7-8,14,20,23-25,30H,1-6,9-13,15-17H2,(H,29,32)/t23-,24?,25+/m1/s1. The molecule has 188 valence electrons. The minimum absolute atomic E-state index is 0.0663. The number of ether oxygens (including phenoxy) is 2. The van der Waals surface area contributed by atoms with Crippen LogP contribution < -0.4 is 15.4 Å². The molecule has 1 spiro atoms. The molecule has 3 aliphatic heterocycles. The van der Waals surface area contributed by atoms with E-state index in [-0.39, 0.29) is 17.9 Å². The van der Waals surface area contributed by atoms with Crippen LogP contribution in [0.4, 0.5) is 0 Å². The summed E-state index contributed by atoms with van der Waals surface area (Å²) in [7, 11) is 0. The van der Waals surface area contributed by atoms with Crippen molar-refractivity contribution < 1.29 is 19.1 Å². The highest BCUT2D eigenvalue weighted by molar-refractivity contribution is 6.01. The quantitative estimate of drug-likeness (QED) is 0.674. The van der Waals surface area contributed by atoms with E-state index in [1.165, 1.54) is 38.5 Å². The lowest BCUT2D eigenvalue weighted by atomic mass is 9.61. The maximum atomic E-state index is 13.0. The van der Waals surface area contributed by atoms with Crippen molar-refractivity contribution in [3.63, 3.8) is 0 Å². The third-order valence-corrected chi connectivity index (χ3v) is 8.96. The van der Waals surface area contributed by atoms with E-state index >= 15 is 0 Å². The lowest BCUT2D eigenvalue weighted by Crippen LogP contribution is -2.57. The fourth-order valence-corrected chi connectivity index (χ4v) is 6.93. The first-order chi connectivity index (χ1) is 17.0. The molecule has 1 aromatic carbocycles. The molecule has 0 bridgehead atoms. The number of carbonyl (C=O) groups excluding carboxylic acids is 2. The minimum Gasteiger partial charge on any atom is -0.489 e. The van der Waals surface area contributed by atoms with Crippen molar-refractivity contribution in [1.82, 2.24) is 15.5 Å². The van der Waals surface area contributed by atoms with Crippen LogP contribution >= 0.6 is 0 Å². The zero-order valence-electron chi connectivity index (χ0n) is 20.5. The number of benzene rings is 1. The van der Waals surface area contributed by atoms with E-state index in [0.717, 1.165) is 43.1 Å². The average Bonchev–Trinajstić information content (AvgIpc) is 3.15. The number of hydrogen-bond donors (Lipinski definition) is 2. The number of allylic oxidation sites excluding steroid dienone is 1. The molecule has 2 N–H and O–H groups in total. The van der Waals surface area contributed by atoms with Gasteiger partial charge in [0.25, 0.3) is 5.91 Å². The number of amides is 2. The molecule has 7 heteroatoms. The van der Waals surface area contributed by atoms with Crippen molar-refractivity contribution in [2.24, 2.45) is 5.41 Å². The summed E-state index contributed by atoms with van der Waals surface area (Å²) in [6, 6.07) is 6.34. The van der Waals surface area contributed by atoms with Gasteiger partial charge in [-0.2, -0.15) is 0 Å². The molecular formula is C28H37N3O4. The number of hydrogen-bond acceptors (Lipinski definition) is 5. The van der Waals surface area contributed by atoms with Gasteiger partial charge in [-0.1, -0.05) is 13.0 Å². The van der Waals surface area contributed by atoms with Crippen LogP contribution in [-0.2, 0) is 16.1 Å². The molecule has 35 heavy (non-hydrogen) atoms. The van der Waals surface area contributed by atoms with Crippen LogP contribution in [0.5, 0.6) is 5.75 Å². The molecule has 3 heterocycles. The summed E-state index contributed by atoms with van der Waals surface area (Å²) in [6.07, 6.45) is 11.0. The van der Waals surface area contributed by atoms with Crippen LogP contribution in [0.15, 0.2) is 30.5 Å². The molecule has 4 fully saturated rings. The topological polar surface area (TPSA) is 79.9 Å². The molecule has 7 nitrogen and oxygen atoms in total. The molecule has 1 aromatic rings. The number of rotatable bonds is 5. The minimum atomic E-state index is -0.432. The second kappa shape index (κ2) is 9.25. The number of piperidine rings is 1. The second-order valence-corrected chi connectivity index (χ2v) is 11.3. The van der Waals surface area contributed by atoms with E-state index in [1.807, 2.05) is 18.2 Å². The van der Waals surface area contributed by atoms with Gasteiger partial charge in [-0.15, -0.1) is 0 Å². The predicted octanol–water partition coefficient (Wildman–Crippen LogP) is 3.67. The molecule has 2 aliphatic carbocycles. The lowest BCUT2D eigenvalue weighted by molar-refractivity contribution is -0.126. The van der Waals surface area contributed by atoms with Gasteiger partial charge in [0, 0.05) is 43.1 Å². The van der Waals surface area contributed by atoms with Gasteiger partial charge in [0.1, 0.15) is 17.9 Å². The Labute approximate surface area is 207 Å². The number of carbonyl (C=O) groups is 2. The van der Waals surface area contributed by atoms with Crippen LogP contribution in [0.2, 0.25) is 0 Å². The van der Waals surface area contributed by atoms with E-state index in [4.69, 9.17) is 9.47 Å². The normalized spacial score (nSPS) is 30.7. The molecule has 5 aliphatic rings. The lowest BCUT2D eigenvalue weighted by Gasteiger charge is -2.52. The molecule has 0 radical (unpaired) electrons. The van der Waals surface area contributed by atoms with Crippen molar-refractivity contribution >= 4 is 11.8 Å². The summed E-state index contributed by atoms with van der Waals surface area (Å²) in [5.41, 5.74) is 2.88. The number of fused-ring (bicyclic) bond motifs is 1. The maximum Gasteiger partial charge on any atom is 0.255 e. The Morgan fingerprint density at radius 1 is 1.11 bits per heavy atom. The van der Waals surface area contributed by atoms with Gasteiger partial charge in [-0.25, -0.2) is 0 Å². The van der Waals surface area contributed by atoms with E-state index < -0.39 is 6.04 Å². The summed E-state index contributed by atoms with van der Waals surface area (Å²) in [6.45, 7) is 6.13. The first-order valence-electron chi connectivity index (χ1n) is 13.4. The SMILES string of the molecule is C=C1CCC(N2Cc3cc(O[C@H]4CCCC[C@H]4NC4CC5(CCOCC5)C4)ccc3C2=O)C(=O)N1. The van der Waals surface area contributed by atoms with Crippen molar-refractivity contribution in [3.05, 3.63) is 41.6 Å². The van der Waals surface area contributed by atoms with Crippen molar-refractivity contribution in [3.8, 4) is 5.75 Å². The van der Waals surface area contributed by atoms with Gasteiger partial charge in [0.2, 0.25) is 5.91 Å². The first kappa shape index (κ1) is 23.0. The Balaban J connectivity index is 1.09. The highest BCUT2D eigenvalue weighted by atomic mass is 16.5. The van der Waals surface area contributed by atoms with E-state index in [1.54, 1.807) is 4.90 Å². The fraction of sp³-hybridized carbons (Fsp3) is 0.643. The Morgan fingerprint density at radius 3 is 2.71 bits per heavy atom. The van der Waals surface area contributed by atoms with E-state index in [2.05, 4.69) is 17.2 Å². The summed E-state index contributed by atoms with van der Waals surface area (Å²) >= 11 is 0. The average molecular weight is 480 g/mol. The molecule has 0 aromatic heterocycles. The van der Waals surface area contributed by atoms with Crippen molar-refractivity contribution in [2.75, 3.05) is 13.2 Å². The molecule has 2 saturated heterocycles.